The van der Waals surface area contributed by atoms with Crippen molar-refractivity contribution in [2.45, 2.75) is 19.9 Å². The predicted molar refractivity (Wildman–Crippen MR) is 52.0 cm³/mol. The minimum absolute atomic E-state index is 0.389. The van der Waals surface area contributed by atoms with Crippen LogP contribution < -0.4 is 0 Å². The number of aryl methyl sites for hydroxylation is 1. The molecule has 4 heteroatoms. The van der Waals surface area contributed by atoms with Gasteiger partial charge in [0.05, 0.1) is 0 Å². The zero-order valence-electron chi connectivity index (χ0n) is 8.06. The van der Waals surface area contributed by atoms with Crippen molar-refractivity contribution in [1.29, 1.82) is 0 Å². The van der Waals surface area contributed by atoms with Crippen molar-refractivity contribution in [2.75, 3.05) is 0 Å². The third kappa shape index (κ3) is 2.16. The Kier molecular flexibility index (Phi) is 2.96. The molecule has 1 aromatic carbocycles. The Morgan fingerprint density at radius 3 is 2.29 bits per heavy atom. The molecule has 1 aromatic rings. The van der Waals surface area contributed by atoms with Gasteiger partial charge in [-0.05, 0) is 6.92 Å². The van der Waals surface area contributed by atoms with E-state index >= 15 is 0 Å². The predicted octanol–water partition coefficient (Wildman–Crippen LogP) is 1.84. The maximum Gasteiger partial charge on any atom is 0.272 e. The molecule has 14 heavy (non-hydrogen) atoms. The zero-order valence-corrected chi connectivity index (χ0v) is 8.06. The molecule has 4 nitrogen and oxygen atoms in total. The second-order valence-corrected chi connectivity index (χ2v) is 3.19. The molecule has 0 fully saturated rings. The van der Waals surface area contributed by atoms with Crippen molar-refractivity contribution in [2.24, 2.45) is 0 Å². The summed E-state index contributed by atoms with van der Waals surface area (Å²) in [6.45, 7) is 3.19. The van der Waals surface area contributed by atoms with Gasteiger partial charge < -0.3 is 0 Å². The fourth-order valence-corrected chi connectivity index (χ4v) is 1.05. The topological polar surface area (TPSA) is 60.2 Å². The molecule has 0 radical (unpaired) electrons. The van der Waals surface area contributed by atoms with Gasteiger partial charge >= 0.3 is 0 Å². The van der Waals surface area contributed by atoms with Gasteiger partial charge in [-0.25, -0.2) is 0 Å². The van der Waals surface area contributed by atoms with Crippen LogP contribution in [0.15, 0.2) is 24.3 Å². The highest BCUT2D eigenvalue weighted by Crippen LogP contribution is 2.07. The summed E-state index contributed by atoms with van der Waals surface area (Å²) in [6.07, 6.45) is 0. The summed E-state index contributed by atoms with van der Waals surface area (Å²) in [5, 5.41) is 10.4. The van der Waals surface area contributed by atoms with E-state index in [1.807, 2.05) is 6.92 Å². The number of ketones is 1. The molecule has 1 rings (SSSR count). The number of rotatable bonds is 3. The van der Waals surface area contributed by atoms with Gasteiger partial charge in [0.2, 0.25) is 5.78 Å². The molecule has 0 aliphatic rings. The number of carbonyl (C=O) groups is 1. The molecule has 0 saturated heterocycles. The second kappa shape index (κ2) is 4.00. The number of hydrogen-bond donors (Lipinski definition) is 0. The highest BCUT2D eigenvalue weighted by Gasteiger charge is 2.24. The summed E-state index contributed by atoms with van der Waals surface area (Å²) in [5.41, 5.74) is 1.41. The number of benzene rings is 1. The van der Waals surface area contributed by atoms with Gasteiger partial charge in [0.15, 0.2) is 0 Å². The van der Waals surface area contributed by atoms with E-state index in [0.29, 0.717) is 5.56 Å². The maximum absolute atomic E-state index is 11.5. The number of nitro groups is 1. The lowest BCUT2D eigenvalue weighted by atomic mass is 10.0. The second-order valence-electron chi connectivity index (χ2n) is 3.19. The molecular formula is C10H11NO3. The van der Waals surface area contributed by atoms with Crippen molar-refractivity contribution in [3.63, 3.8) is 0 Å². The smallest absolute Gasteiger partial charge is 0.272 e. The first-order chi connectivity index (χ1) is 6.52. The molecule has 1 atom stereocenters. The molecule has 0 aliphatic carbocycles. The van der Waals surface area contributed by atoms with Crippen LogP contribution in [0, 0.1) is 17.0 Å². The van der Waals surface area contributed by atoms with Crippen LogP contribution in [0.1, 0.15) is 22.8 Å². The first-order valence-electron chi connectivity index (χ1n) is 4.26. The van der Waals surface area contributed by atoms with Crippen molar-refractivity contribution in [1.82, 2.24) is 0 Å². The Balaban J connectivity index is 2.90. The standard InChI is InChI=1S/C10H11NO3/c1-7-3-5-9(6-4-7)10(12)8(2)11(13)14/h3-6,8H,1-2H3. The molecule has 0 saturated carbocycles. The lowest BCUT2D eigenvalue weighted by Gasteiger charge is -2.02. The SMILES string of the molecule is Cc1ccc(C(=O)C(C)[N+](=O)[O-])cc1. The van der Waals surface area contributed by atoms with Crippen molar-refractivity contribution < 1.29 is 9.72 Å². The largest absolute Gasteiger partial charge is 0.286 e. The van der Waals surface area contributed by atoms with Gasteiger partial charge in [0, 0.05) is 17.4 Å². The lowest BCUT2D eigenvalue weighted by molar-refractivity contribution is -0.500. The molecule has 0 amide bonds. The van der Waals surface area contributed by atoms with Gasteiger partial charge in [-0.15, -0.1) is 0 Å². The third-order valence-corrected chi connectivity index (χ3v) is 2.03. The fourth-order valence-electron chi connectivity index (χ4n) is 1.05. The number of carbonyl (C=O) groups excluding carboxylic acids is 1. The Bertz CT molecular complexity index is 356. The Labute approximate surface area is 81.7 Å². The average molecular weight is 193 g/mol. The number of Topliss-reactive ketones (excluding diaryl/α,β-unsaturated/α-hetero) is 1. The summed E-state index contributed by atoms with van der Waals surface area (Å²) >= 11 is 0. The first-order valence-corrected chi connectivity index (χ1v) is 4.26. The van der Waals surface area contributed by atoms with E-state index in [-0.39, 0.29) is 0 Å². The van der Waals surface area contributed by atoms with E-state index in [2.05, 4.69) is 0 Å². The normalized spacial score (nSPS) is 12.1. The van der Waals surface area contributed by atoms with Gasteiger partial charge in [0.25, 0.3) is 6.04 Å². The monoisotopic (exact) mass is 193 g/mol. The molecule has 1 unspecified atom stereocenters. The van der Waals surface area contributed by atoms with E-state index in [9.17, 15) is 14.9 Å². The average Bonchev–Trinajstić information content (AvgIpc) is 2.16. The van der Waals surface area contributed by atoms with Crippen LogP contribution in [0.5, 0.6) is 0 Å². The summed E-state index contributed by atoms with van der Waals surface area (Å²) < 4.78 is 0. The molecular weight excluding hydrogens is 182 g/mol. The quantitative estimate of drug-likeness (QED) is 0.418. The van der Waals surface area contributed by atoms with Gasteiger partial charge in [0.1, 0.15) is 0 Å². The minimum Gasteiger partial charge on any atom is -0.286 e. The van der Waals surface area contributed by atoms with E-state index in [1.54, 1.807) is 24.3 Å². The Morgan fingerprint density at radius 2 is 1.86 bits per heavy atom. The van der Waals surface area contributed by atoms with Crippen LogP contribution in [0.3, 0.4) is 0 Å². The van der Waals surface area contributed by atoms with E-state index < -0.39 is 16.7 Å². The van der Waals surface area contributed by atoms with Crippen LogP contribution in [0.25, 0.3) is 0 Å². The van der Waals surface area contributed by atoms with Crippen LogP contribution >= 0.6 is 0 Å². The molecule has 0 heterocycles. The van der Waals surface area contributed by atoms with Crippen LogP contribution in [0.2, 0.25) is 0 Å². The van der Waals surface area contributed by atoms with Crippen molar-refractivity contribution in [3.05, 3.63) is 45.5 Å². The molecule has 74 valence electrons. The number of hydrogen-bond acceptors (Lipinski definition) is 3. The first kappa shape index (κ1) is 10.4. The van der Waals surface area contributed by atoms with E-state index in [4.69, 9.17) is 0 Å². The molecule has 0 aromatic heterocycles. The van der Waals surface area contributed by atoms with Crippen LogP contribution in [-0.2, 0) is 0 Å². The molecule has 0 spiro atoms. The number of nitrogens with zero attached hydrogens (tertiary/aromatic N) is 1. The van der Waals surface area contributed by atoms with E-state index in [0.717, 1.165) is 5.56 Å². The van der Waals surface area contributed by atoms with Crippen LogP contribution in [-0.4, -0.2) is 16.7 Å². The maximum atomic E-state index is 11.5. The fraction of sp³-hybridized carbons (Fsp3) is 0.300. The molecule has 0 aliphatic heterocycles. The van der Waals surface area contributed by atoms with Crippen molar-refractivity contribution in [3.8, 4) is 0 Å². The van der Waals surface area contributed by atoms with Gasteiger partial charge in [-0.1, -0.05) is 29.8 Å². The molecule has 0 N–H and O–H groups in total. The van der Waals surface area contributed by atoms with Crippen LogP contribution in [0.4, 0.5) is 0 Å². The summed E-state index contributed by atoms with van der Waals surface area (Å²) in [4.78, 5) is 21.2. The lowest BCUT2D eigenvalue weighted by Crippen LogP contribution is -2.25. The highest BCUT2D eigenvalue weighted by molar-refractivity contribution is 5.99. The van der Waals surface area contributed by atoms with Crippen molar-refractivity contribution >= 4 is 5.78 Å². The minimum atomic E-state index is -1.17. The third-order valence-electron chi connectivity index (χ3n) is 2.03. The van der Waals surface area contributed by atoms with E-state index in [1.165, 1.54) is 6.92 Å². The van der Waals surface area contributed by atoms with Gasteiger partial charge in [-0.2, -0.15) is 0 Å². The summed E-state index contributed by atoms with van der Waals surface area (Å²) in [6, 6.07) is 5.58. The Hall–Kier alpha value is -1.71. The highest BCUT2D eigenvalue weighted by atomic mass is 16.6. The molecule has 0 bridgehead atoms. The zero-order chi connectivity index (χ0) is 10.7. The van der Waals surface area contributed by atoms with Gasteiger partial charge in [-0.3, -0.25) is 14.9 Å². The Morgan fingerprint density at radius 1 is 1.36 bits per heavy atom. The summed E-state index contributed by atoms with van der Waals surface area (Å²) in [7, 11) is 0. The summed E-state index contributed by atoms with van der Waals surface area (Å²) in [5.74, 6) is -0.449.